The Balaban J connectivity index is 2.76. The van der Waals surface area contributed by atoms with E-state index in [9.17, 15) is 5.11 Å². The van der Waals surface area contributed by atoms with Crippen molar-refractivity contribution in [3.05, 3.63) is 48.6 Å². The van der Waals surface area contributed by atoms with Gasteiger partial charge < -0.3 is 5.11 Å². The van der Waals surface area contributed by atoms with Crippen molar-refractivity contribution in [2.24, 2.45) is 0 Å². The Kier molecular flexibility index (Phi) is 5.41. The molecule has 0 aliphatic carbocycles. The zero-order valence-corrected chi connectivity index (χ0v) is 10.1. The smallest absolute Gasteiger partial charge is 0.0942 e. The molecule has 0 heterocycles. The molecule has 2 atom stereocenters. The van der Waals surface area contributed by atoms with E-state index in [1.54, 1.807) is 6.08 Å². The molecule has 3 nitrogen and oxygen atoms in total. The number of aliphatic hydroxyl groups is 1. The van der Waals surface area contributed by atoms with Gasteiger partial charge >= 0.3 is 0 Å². The maximum absolute atomic E-state index is 10.2. The lowest BCUT2D eigenvalue weighted by Crippen LogP contribution is -2.38. The van der Waals surface area contributed by atoms with Gasteiger partial charge in [-0.3, -0.25) is 4.90 Å². The van der Waals surface area contributed by atoms with Gasteiger partial charge in [-0.2, -0.15) is 5.26 Å². The Morgan fingerprint density at radius 2 is 2.12 bits per heavy atom. The Bertz CT molecular complexity index is 383. The highest BCUT2D eigenvalue weighted by Gasteiger charge is 2.21. The van der Waals surface area contributed by atoms with Crippen LogP contribution in [-0.2, 0) is 0 Å². The predicted molar refractivity (Wildman–Crippen MR) is 68.2 cm³/mol. The third kappa shape index (κ3) is 3.70. The van der Waals surface area contributed by atoms with Crippen LogP contribution in [0.25, 0.3) is 0 Å². The normalized spacial score (nSPS) is 14.0. The lowest BCUT2D eigenvalue weighted by atomic mass is 10.0. The summed E-state index contributed by atoms with van der Waals surface area (Å²) in [7, 11) is 0. The first-order valence-electron chi connectivity index (χ1n) is 5.65. The fourth-order valence-corrected chi connectivity index (χ4v) is 1.76. The van der Waals surface area contributed by atoms with Crippen LogP contribution in [0.5, 0.6) is 0 Å². The van der Waals surface area contributed by atoms with Crippen LogP contribution in [0, 0.1) is 11.3 Å². The van der Waals surface area contributed by atoms with Crippen molar-refractivity contribution in [3.8, 4) is 6.07 Å². The van der Waals surface area contributed by atoms with Gasteiger partial charge in [0.25, 0.3) is 0 Å². The summed E-state index contributed by atoms with van der Waals surface area (Å²) in [5.41, 5.74) is 0.868. The Morgan fingerprint density at radius 1 is 1.47 bits per heavy atom. The number of hydrogen-bond acceptors (Lipinski definition) is 3. The van der Waals surface area contributed by atoms with Crippen LogP contribution in [-0.4, -0.2) is 29.1 Å². The minimum atomic E-state index is -0.593. The van der Waals surface area contributed by atoms with Crippen LogP contribution in [0.4, 0.5) is 0 Å². The molecule has 0 saturated heterocycles. The van der Waals surface area contributed by atoms with E-state index in [-0.39, 0.29) is 12.6 Å². The van der Waals surface area contributed by atoms with E-state index in [0.717, 1.165) is 5.56 Å². The topological polar surface area (TPSA) is 47.3 Å². The van der Waals surface area contributed by atoms with Gasteiger partial charge in [0.2, 0.25) is 0 Å². The minimum absolute atomic E-state index is 0.116. The van der Waals surface area contributed by atoms with Gasteiger partial charge in [0.1, 0.15) is 0 Å². The first-order valence-corrected chi connectivity index (χ1v) is 5.65. The number of benzene rings is 1. The van der Waals surface area contributed by atoms with Gasteiger partial charge in [-0.25, -0.2) is 0 Å². The van der Waals surface area contributed by atoms with Crippen molar-refractivity contribution in [1.82, 2.24) is 4.90 Å². The molecule has 1 aromatic rings. The molecule has 0 aliphatic heterocycles. The molecule has 1 rings (SSSR count). The molecular weight excluding hydrogens is 212 g/mol. The molecule has 0 radical (unpaired) electrons. The molecule has 17 heavy (non-hydrogen) atoms. The second-order valence-corrected chi connectivity index (χ2v) is 3.97. The van der Waals surface area contributed by atoms with Gasteiger partial charge in [-0.1, -0.05) is 36.4 Å². The Morgan fingerprint density at radius 3 is 2.65 bits per heavy atom. The van der Waals surface area contributed by atoms with Crippen LogP contribution in [0.1, 0.15) is 18.6 Å². The van der Waals surface area contributed by atoms with Crippen LogP contribution in [0.2, 0.25) is 0 Å². The first kappa shape index (κ1) is 13.4. The minimum Gasteiger partial charge on any atom is -0.387 e. The number of nitriles is 1. The summed E-state index contributed by atoms with van der Waals surface area (Å²) in [6.07, 6.45) is 1.15. The molecule has 0 saturated carbocycles. The van der Waals surface area contributed by atoms with Gasteiger partial charge in [0, 0.05) is 12.6 Å². The van der Waals surface area contributed by atoms with Gasteiger partial charge in [-0.05, 0) is 12.5 Å². The summed E-state index contributed by atoms with van der Waals surface area (Å²) in [4.78, 5) is 1.89. The summed E-state index contributed by atoms with van der Waals surface area (Å²) in [5.74, 6) is 0. The van der Waals surface area contributed by atoms with Crippen LogP contribution >= 0.6 is 0 Å². The maximum atomic E-state index is 10.2. The van der Waals surface area contributed by atoms with Crippen LogP contribution in [0.3, 0.4) is 0 Å². The van der Waals surface area contributed by atoms with Gasteiger partial charge in [0.15, 0.2) is 0 Å². The number of hydrogen-bond donors (Lipinski definition) is 1. The molecule has 0 aliphatic rings. The Labute approximate surface area is 103 Å². The van der Waals surface area contributed by atoms with Crippen molar-refractivity contribution in [2.45, 2.75) is 19.1 Å². The summed E-state index contributed by atoms with van der Waals surface area (Å²) in [5, 5.41) is 19.0. The number of rotatable bonds is 6. The summed E-state index contributed by atoms with van der Waals surface area (Å²) < 4.78 is 0. The molecule has 0 amide bonds. The third-order valence-corrected chi connectivity index (χ3v) is 2.81. The molecule has 1 aromatic carbocycles. The highest BCUT2D eigenvalue weighted by Crippen LogP contribution is 2.20. The van der Waals surface area contributed by atoms with Crippen LogP contribution < -0.4 is 0 Å². The van der Waals surface area contributed by atoms with E-state index in [1.807, 2.05) is 42.2 Å². The molecule has 90 valence electrons. The van der Waals surface area contributed by atoms with Gasteiger partial charge in [0.05, 0.1) is 18.7 Å². The quantitative estimate of drug-likeness (QED) is 0.601. The fourth-order valence-electron chi connectivity index (χ4n) is 1.76. The van der Waals surface area contributed by atoms with Crippen molar-refractivity contribution in [3.63, 3.8) is 0 Å². The highest BCUT2D eigenvalue weighted by atomic mass is 16.3. The molecule has 0 fully saturated rings. The molecule has 1 N–H and O–H groups in total. The molecule has 0 bridgehead atoms. The summed E-state index contributed by atoms with van der Waals surface area (Å²) >= 11 is 0. The number of aliphatic hydroxyl groups excluding tert-OH is 1. The molecule has 3 heteroatoms. The van der Waals surface area contributed by atoms with E-state index in [4.69, 9.17) is 5.26 Å². The lowest BCUT2D eigenvalue weighted by Gasteiger charge is -2.29. The van der Waals surface area contributed by atoms with Crippen molar-refractivity contribution >= 4 is 0 Å². The molecular formula is C14H18N2O. The third-order valence-electron chi connectivity index (χ3n) is 2.81. The largest absolute Gasteiger partial charge is 0.387 e. The SMILES string of the molecule is C=CCN(CC#N)[C@@H](C)[C@H](O)c1ccccc1. The van der Waals surface area contributed by atoms with E-state index < -0.39 is 6.10 Å². The zero-order valence-electron chi connectivity index (χ0n) is 10.1. The monoisotopic (exact) mass is 230 g/mol. The fraction of sp³-hybridized carbons (Fsp3) is 0.357. The molecule has 0 spiro atoms. The van der Waals surface area contributed by atoms with Crippen molar-refractivity contribution in [1.29, 1.82) is 5.26 Å². The van der Waals surface area contributed by atoms with Crippen LogP contribution in [0.15, 0.2) is 43.0 Å². The summed E-state index contributed by atoms with van der Waals surface area (Å²) in [6.45, 7) is 6.46. The van der Waals surface area contributed by atoms with E-state index in [2.05, 4.69) is 12.6 Å². The standard InChI is InChI=1S/C14H18N2O/c1-3-10-16(11-9-15)12(2)14(17)13-7-5-4-6-8-13/h3-8,12,14,17H,1,10-11H2,2H3/t12-,14-/m0/s1. The van der Waals surface area contributed by atoms with Crippen molar-refractivity contribution in [2.75, 3.05) is 13.1 Å². The van der Waals surface area contributed by atoms with E-state index >= 15 is 0 Å². The number of nitrogens with zero attached hydrogens (tertiary/aromatic N) is 2. The first-order chi connectivity index (χ1) is 8.20. The maximum Gasteiger partial charge on any atom is 0.0942 e. The predicted octanol–water partition coefficient (Wildman–Crippen LogP) is 2.12. The average Bonchev–Trinajstić information content (AvgIpc) is 2.38. The molecule has 0 unspecified atom stereocenters. The van der Waals surface area contributed by atoms with Gasteiger partial charge in [-0.15, -0.1) is 6.58 Å². The summed E-state index contributed by atoms with van der Waals surface area (Å²) in [6, 6.07) is 11.5. The van der Waals surface area contributed by atoms with E-state index in [1.165, 1.54) is 0 Å². The second kappa shape index (κ2) is 6.85. The average molecular weight is 230 g/mol. The Hall–Kier alpha value is -1.63. The highest BCUT2D eigenvalue weighted by molar-refractivity contribution is 5.18. The zero-order chi connectivity index (χ0) is 12.7. The van der Waals surface area contributed by atoms with E-state index in [0.29, 0.717) is 6.54 Å². The lowest BCUT2D eigenvalue weighted by molar-refractivity contribution is 0.0717. The van der Waals surface area contributed by atoms with Crippen molar-refractivity contribution < 1.29 is 5.11 Å². The second-order valence-electron chi connectivity index (χ2n) is 3.97. The molecule has 0 aromatic heterocycles.